The SMILES string of the molecule is C[C@H]1CN(S(=O)(=O)Cc2ccccc2)CCN1c1cnn(-c2ccc(F)cc2)c(=O)c1OC1CCCCC1. The summed E-state index contributed by atoms with van der Waals surface area (Å²) in [7, 11) is -3.50. The van der Waals surface area contributed by atoms with Crippen molar-refractivity contribution < 1.29 is 17.5 Å². The number of hydrogen-bond acceptors (Lipinski definition) is 6. The molecule has 8 nitrogen and oxygen atoms in total. The predicted octanol–water partition coefficient (Wildman–Crippen LogP) is 4.12. The monoisotopic (exact) mass is 540 g/mol. The summed E-state index contributed by atoms with van der Waals surface area (Å²) in [6.07, 6.45) is 6.53. The fourth-order valence-electron chi connectivity index (χ4n) is 5.27. The van der Waals surface area contributed by atoms with Gasteiger partial charge in [-0.2, -0.15) is 14.1 Å². The molecule has 0 N–H and O–H groups in total. The van der Waals surface area contributed by atoms with Crippen molar-refractivity contribution in [3.05, 3.63) is 82.5 Å². The second-order valence-electron chi connectivity index (χ2n) is 10.1. The minimum absolute atomic E-state index is 0.0497. The van der Waals surface area contributed by atoms with Crippen molar-refractivity contribution in [3.63, 3.8) is 0 Å². The fourth-order valence-corrected chi connectivity index (χ4v) is 6.87. The van der Waals surface area contributed by atoms with E-state index in [-0.39, 0.29) is 23.6 Å². The molecule has 1 atom stereocenters. The lowest BCUT2D eigenvalue weighted by Crippen LogP contribution is -2.54. The van der Waals surface area contributed by atoms with E-state index in [9.17, 15) is 17.6 Å². The van der Waals surface area contributed by atoms with Crippen LogP contribution in [-0.2, 0) is 15.8 Å². The highest BCUT2D eigenvalue weighted by Gasteiger charge is 2.34. The fraction of sp³-hybridized carbons (Fsp3) is 0.429. The molecule has 1 saturated heterocycles. The Balaban J connectivity index is 1.42. The van der Waals surface area contributed by atoms with Crippen molar-refractivity contribution >= 4 is 15.7 Å². The van der Waals surface area contributed by atoms with Gasteiger partial charge in [0.15, 0.2) is 0 Å². The van der Waals surface area contributed by atoms with Crippen molar-refractivity contribution in [2.24, 2.45) is 0 Å². The maximum atomic E-state index is 13.7. The van der Waals surface area contributed by atoms with Gasteiger partial charge in [0.25, 0.3) is 0 Å². The van der Waals surface area contributed by atoms with Crippen molar-refractivity contribution in [1.29, 1.82) is 0 Å². The second kappa shape index (κ2) is 11.2. The molecule has 1 aliphatic heterocycles. The molecule has 0 radical (unpaired) electrons. The molecule has 202 valence electrons. The van der Waals surface area contributed by atoms with E-state index in [1.807, 2.05) is 42.2 Å². The molecule has 0 bridgehead atoms. The molecule has 2 aliphatic rings. The molecular formula is C28H33FN4O4S. The zero-order valence-electron chi connectivity index (χ0n) is 21.5. The van der Waals surface area contributed by atoms with Gasteiger partial charge in [0.1, 0.15) is 11.5 Å². The molecule has 0 amide bonds. The third-order valence-corrected chi connectivity index (χ3v) is 9.12. The standard InChI is InChI=1S/C28H33FN4O4S/c1-21-19-31(38(35,36)20-22-8-4-2-5-9-22)16-17-32(21)26-18-30-33(24-14-12-23(29)13-15-24)28(34)27(26)37-25-10-6-3-7-11-25/h2,4-5,8-9,12-15,18,21,25H,3,6-7,10-11,16-17,19-20H2,1H3/t21-/m0/s1. The summed E-state index contributed by atoms with van der Waals surface area (Å²) in [5, 5.41) is 4.39. The summed E-state index contributed by atoms with van der Waals surface area (Å²) in [6, 6.07) is 14.5. The topological polar surface area (TPSA) is 84.7 Å². The molecule has 1 aliphatic carbocycles. The third-order valence-electron chi connectivity index (χ3n) is 7.31. The molecule has 3 aromatic rings. The zero-order chi connectivity index (χ0) is 26.7. The highest BCUT2D eigenvalue weighted by atomic mass is 32.2. The van der Waals surface area contributed by atoms with E-state index in [1.165, 1.54) is 33.3 Å². The van der Waals surface area contributed by atoms with Crippen LogP contribution in [0.3, 0.4) is 0 Å². The number of halogens is 1. The third kappa shape index (κ3) is 5.76. The molecule has 2 heterocycles. The number of aromatic nitrogens is 2. The Morgan fingerprint density at radius 1 is 1.00 bits per heavy atom. The second-order valence-corrected chi connectivity index (χ2v) is 12.0. The smallest absolute Gasteiger partial charge is 0.316 e. The quantitative estimate of drug-likeness (QED) is 0.448. The van der Waals surface area contributed by atoms with Crippen molar-refractivity contribution in [2.45, 2.75) is 56.9 Å². The first-order valence-electron chi connectivity index (χ1n) is 13.1. The largest absolute Gasteiger partial charge is 0.483 e. The number of anilines is 1. The van der Waals surface area contributed by atoms with Crippen LogP contribution in [0.2, 0.25) is 0 Å². The van der Waals surface area contributed by atoms with Crippen LogP contribution >= 0.6 is 0 Å². The number of ether oxygens (including phenoxy) is 1. The van der Waals surface area contributed by atoms with Gasteiger partial charge < -0.3 is 9.64 Å². The van der Waals surface area contributed by atoms with Crippen LogP contribution in [0, 0.1) is 5.82 Å². The lowest BCUT2D eigenvalue weighted by atomic mass is 9.98. The Morgan fingerprint density at radius 3 is 2.39 bits per heavy atom. The van der Waals surface area contributed by atoms with E-state index in [1.54, 1.807) is 6.20 Å². The maximum absolute atomic E-state index is 13.7. The van der Waals surface area contributed by atoms with E-state index in [0.717, 1.165) is 37.7 Å². The van der Waals surface area contributed by atoms with Crippen LogP contribution in [0.4, 0.5) is 10.1 Å². The Morgan fingerprint density at radius 2 is 1.71 bits per heavy atom. The van der Waals surface area contributed by atoms with Gasteiger partial charge in [0.2, 0.25) is 15.8 Å². The van der Waals surface area contributed by atoms with Gasteiger partial charge in [-0.3, -0.25) is 4.79 Å². The number of nitrogens with zero attached hydrogens (tertiary/aromatic N) is 4. The van der Waals surface area contributed by atoms with Gasteiger partial charge in [-0.15, -0.1) is 0 Å². The van der Waals surface area contributed by atoms with E-state index >= 15 is 0 Å². The van der Waals surface area contributed by atoms with Crippen molar-refractivity contribution in [1.82, 2.24) is 14.1 Å². The summed E-state index contributed by atoms with van der Waals surface area (Å²) < 4.78 is 48.9. The van der Waals surface area contributed by atoms with E-state index in [4.69, 9.17) is 4.74 Å². The van der Waals surface area contributed by atoms with Crippen LogP contribution in [0.5, 0.6) is 5.75 Å². The van der Waals surface area contributed by atoms with E-state index in [2.05, 4.69) is 5.10 Å². The van der Waals surface area contributed by atoms with E-state index < -0.39 is 21.4 Å². The highest BCUT2D eigenvalue weighted by Crippen LogP contribution is 2.32. The lowest BCUT2D eigenvalue weighted by molar-refractivity contribution is 0.152. The minimum atomic E-state index is -3.50. The van der Waals surface area contributed by atoms with Gasteiger partial charge in [-0.05, 0) is 62.4 Å². The summed E-state index contributed by atoms with van der Waals surface area (Å²) in [5.41, 5.74) is 1.35. The molecule has 38 heavy (non-hydrogen) atoms. The zero-order valence-corrected chi connectivity index (χ0v) is 22.3. The molecule has 10 heteroatoms. The molecule has 2 fully saturated rings. The Bertz CT molecular complexity index is 1410. The average molecular weight is 541 g/mol. The van der Waals surface area contributed by atoms with Crippen molar-refractivity contribution in [3.8, 4) is 11.4 Å². The normalized spacial score (nSPS) is 19.4. The van der Waals surface area contributed by atoms with Crippen LogP contribution in [-0.4, -0.2) is 54.3 Å². The maximum Gasteiger partial charge on any atom is 0.316 e. The molecule has 1 aromatic heterocycles. The molecule has 0 unspecified atom stereocenters. The van der Waals surface area contributed by atoms with Crippen LogP contribution in [0.25, 0.3) is 5.69 Å². The first kappa shape index (κ1) is 26.4. The number of benzene rings is 2. The highest BCUT2D eigenvalue weighted by molar-refractivity contribution is 7.88. The Labute approximate surface area is 222 Å². The van der Waals surface area contributed by atoms with Gasteiger partial charge >= 0.3 is 5.56 Å². The van der Waals surface area contributed by atoms with E-state index in [0.29, 0.717) is 31.0 Å². The van der Waals surface area contributed by atoms with Gasteiger partial charge in [0, 0.05) is 25.7 Å². The van der Waals surface area contributed by atoms with Crippen LogP contribution < -0.4 is 15.2 Å². The summed E-state index contributed by atoms with van der Waals surface area (Å²) >= 11 is 0. The first-order chi connectivity index (χ1) is 18.3. The molecule has 5 rings (SSSR count). The first-order valence-corrected chi connectivity index (χ1v) is 14.8. The van der Waals surface area contributed by atoms with Gasteiger partial charge in [0.05, 0.1) is 23.7 Å². The van der Waals surface area contributed by atoms with Crippen molar-refractivity contribution in [2.75, 3.05) is 24.5 Å². The Kier molecular flexibility index (Phi) is 7.80. The van der Waals surface area contributed by atoms with Gasteiger partial charge in [-0.25, -0.2) is 12.8 Å². The van der Waals surface area contributed by atoms with Crippen LogP contribution in [0.15, 0.2) is 65.6 Å². The number of piperazine rings is 1. The summed E-state index contributed by atoms with van der Waals surface area (Å²) in [4.78, 5) is 15.7. The molecule has 1 saturated carbocycles. The Hall–Kier alpha value is -3.24. The average Bonchev–Trinajstić information content (AvgIpc) is 2.91. The van der Waals surface area contributed by atoms with Gasteiger partial charge in [-0.1, -0.05) is 36.8 Å². The summed E-state index contributed by atoms with van der Waals surface area (Å²) in [5.74, 6) is -0.235. The predicted molar refractivity (Wildman–Crippen MR) is 145 cm³/mol. The number of rotatable bonds is 7. The summed E-state index contributed by atoms with van der Waals surface area (Å²) in [6.45, 7) is 2.93. The molecule has 2 aromatic carbocycles. The van der Waals surface area contributed by atoms with Crippen LogP contribution in [0.1, 0.15) is 44.6 Å². The minimum Gasteiger partial charge on any atom is -0.483 e. The number of hydrogen-bond donors (Lipinski definition) is 0. The molecule has 0 spiro atoms. The molecular weight excluding hydrogens is 507 g/mol. The lowest BCUT2D eigenvalue weighted by Gasteiger charge is -2.41. The number of sulfonamides is 1.